The molecule has 4 nitrogen and oxygen atoms in total. The third-order valence-electron chi connectivity index (χ3n) is 3.36. The van der Waals surface area contributed by atoms with E-state index in [1.165, 1.54) is 12.1 Å². The van der Waals surface area contributed by atoms with Gasteiger partial charge in [-0.15, -0.1) is 0 Å². The van der Waals surface area contributed by atoms with Crippen molar-refractivity contribution in [1.29, 1.82) is 0 Å². The Hall–Kier alpha value is -1.62. The van der Waals surface area contributed by atoms with Crippen LogP contribution in [0, 0.1) is 5.82 Å². The second-order valence-corrected chi connectivity index (χ2v) is 4.91. The summed E-state index contributed by atoms with van der Waals surface area (Å²) in [6.45, 7) is 2.27. The van der Waals surface area contributed by atoms with Gasteiger partial charge in [-0.3, -0.25) is 4.99 Å². The van der Waals surface area contributed by atoms with Crippen LogP contribution < -0.4 is 10.6 Å². The highest BCUT2D eigenvalue weighted by atomic mass is 19.1. The van der Waals surface area contributed by atoms with Gasteiger partial charge in [-0.25, -0.2) is 4.39 Å². The third kappa shape index (κ3) is 4.81. The summed E-state index contributed by atoms with van der Waals surface area (Å²) in [4.78, 5) is 4.15. The van der Waals surface area contributed by atoms with Gasteiger partial charge in [0.05, 0.1) is 6.10 Å². The Labute approximate surface area is 119 Å². The molecule has 0 saturated carbocycles. The van der Waals surface area contributed by atoms with Crippen LogP contribution in [0.15, 0.2) is 29.3 Å². The summed E-state index contributed by atoms with van der Waals surface area (Å²) in [5, 5.41) is 6.42. The van der Waals surface area contributed by atoms with Gasteiger partial charge in [-0.2, -0.15) is 0 Å². The van der Waals surface area contributed by atoms with E-state index in [9.17, 15) is 4.39 Å². The van der Waals surface area contributed by atoms with Crippen LogP contribution in [-0.4, -0.2) is 32.3 Å². The van der Waals surface area contributed by atoms with Crippen molar-refractivity contribution in [2.75, 3.05) is 20.2 Å². The van der Waals surface area contributed by atoms with Crippen molar-refractivity contribution in [3.63, 3.8) is 0 Å². The van der Waals surface area contributed by atoms with E-state index in [0.717, 1.165) is 43.9 Å². The van der Waals surface area contributed by atoms with Gasteiger partial charge in [-0.1, -0.05) is 12.1 Å². The molecule has 2 N–H and O–H groups in total. The third-order valence-corrected chi connectivity index (χ3v) is 3.36. The lowest BCUT2D eigenvalue weighted by Gasteiger charge is -2.14. The lowest BCUT2D eigenvalue weighted by atomic mass is 10.2. The highest BCUT2D eigenvalue weighted by Gasteiger charge is 2.14. The number of hydrogen-bond acceptors (Lipinski definition) is 2. The first-order valence-corrected chi connectivity index (χ1v) is 7.08. The van der Waals surface area contributed by atoms with Crippen molar-refractivity contribution in [2.45, 2.75) is 31.9 Å². The molecule has 0 radical (unpaired) electrons. The molecule has 1 atom stereocenters. The van der Waals surface area contributed by atoms with E-state index in [2.05, 4.69) is 15.6 Å². The van der Waals surface area contributed by atoms with E-state index in [1.54, 1.807) is 13.1 Å². The summed E-state index contributed by atoms with van der Waals surface area (Å²) < 4.78 is 18.6. The number of rotatable bonds is 5. The maximum absolute atomic E-state index is 13.1. The average Bonchev–Trinajstić information content (AvgIpc) is 2.96. The summed E-state index contributed by atoms with van der Waals surface area (Å²) in [5.74, 6) is 0.512. The second-order valence-electron chi connectivity index (χ2n) is 4.91. The largest absolute Gasteiger partial charge is 0.378 e. The zero-order chi connectivity index (χ0) is 14.2. The van der Waals surface area contributed by atoms with E-state index in [1.807, 2.05) is 6.07 Å². The van der Waals surface area contributed by atoms with Crippen LogP contribution in [0.2, 0.25) is 0 Å². The second kappa shape index (κ2) is 7.85. The van der Waals surface area contributed by atoms with Gasteiger partial charge in [0.1, 0.15) is 5.82 Å². The van der Waals surface area contributed by atoms with Crippen LogP contribution in [-0.2, 0) is 11.3 Å². The number of halogens is 1. The van der Waals surface area contributed by atoms with Crippen molar-refractivity contribution in [3.05, 3.63) is 35.6 Å². The summed E-state index contributed by atoms with van der Waals surface area (Å²) in [6, 6.07) is 6.56. The molecule has 1 unspecified atom stereocenters. The van der Waals surface area contributed by atoms with Crippen molar-refractivity contribution in [3.8, 4) is 0 Å². The first-order valence-electron chi connectivity index (χ1n) is 7.08. The number of benzene rings is 1. The number of guanidine groups is 1. The van der Waals surface area contributed by atoms with Gasteiger partial charge in [0.15, 0.2) is 5.96 Å². The maximum Gasteiger partial charge on any atom is 0.191 e. The Kier molecular flexibility index (Phi) is 5.80. The Morgan fingerprint density at radius 2 is 2.35 bits per heavy atom. The monoisotopic (exact) mass is 279 g/mol. The Morgan fingerprint density at radius 1 is 1.45 bits per heavy atom. The summed E-state index contributed by atoms with van der Waals surface area (Å²) in [5.41, 5.74) is 0.895. The highest BCUT2D eigenvalue weighted by molar-refractivity contribution is 5.79. The van der Waals surface area contributed by atoms with Crippen molar-refractivity contribution >= 4 is 5.96 Å². The predicted octanol–water partition coefficient (Wildman–Crippen LogP) is 2.06. The lowest BCUT2D eigenvalue weighted by molar-refractivity contribution is 0.105. The molecule has 1 fully saturated rings. The fourth-order valence-corrected chi connectivity index (χ4v) is 2.28. The van der Waals surface area contributed by atoms with Crippen LogP contribution in [0.5, 0.6) is 0 Å². The normalized spacial score (nSPS) is 19.1. The minimum atomic E-state index is -0.217. The van der Waals surface area contributed by atoms with Gasteiger partial charge in [0.2, 0.25) is 0 Å². The Balaban J connectivity index is 1.69. The summed E-state index contributed by atoms with van der Waals surface area (Å²) in [6.07, 6.45) is 3.68. The van der Waals surface area contributed by atoms with Gasteiger partial charge in [0.25, 0.3) is 0 Å². The van der Waals surface area contributed by atoms with E-state index in [-0.39, 0.29) is 5.82 Å². The van der Waals surface area contributed by atoms with Crippen LogP contribution in [0.25, 0.3) is 0 Å². The molecular formula is C15H22FN3O. The number of aliphatic imine (C=N–C) groups is 1. The van der Waals surface area contributed by atoms with Gasteiger partial charge >= 0.3 is 0 Å². The van der Waals surface area contributed by atoms with Gasteiger partial charge in [0, 0.05) is 26.7 Å². The number of nitrogens with zero attached hydrogens (tertiary/aromatic N) is 1. The van der Waals surface area contributed by atoms with Crippen LogP contribution in [0.3, 0.4) is 0 Å². The predicted molar refractivity (Wildman–Crippen MR) is 78.2 cm³/mol. The first kappa shape index (κ1) is 14.8. The smallest absolute Gasteiger partial charge is 0.191 e. The molecule has 0 aromatic heterocycles. The van der Waals surface area contributed by atoms with Gasteiger partial charge < -0.3 is 15.4 Å². The fourth-order valence-electron chi connectivity index (χ4n) is 2.28. The molecule has 1 heterocycles. The quantitative estimate of drug-likeness (QED) is 0.640. The molecule has 0 spiro atoms. The topological polar surface area (TPSA) is 45.7 Å². The van der Waals surface area contributed by atoms with Crippen LogP contribution in [0.4, 0.5) is 4.39 Å². The average molecular weight is 279 g/mol. The number of ether oxygens (including phenoxy) is 1. The van der Waals surface area contributed by atoms with Crippen molar-refractivity contribution in [1.82, 2.24) is 10.6 Å². The molecule has 0 aliphatic carbocycles. The van der Waals surface area contributed by atoms with Gasteiger partial charge in [-0.05, 0) is 37.0 Å². The zero-order valence-electron chi connectivity index (χ0n) is 11.9. The number of hydrogen-bond donors (Lipinski definition) is 2. The minimum Gasteiger partial charge on any atom is -0.378 e. The fraction of sp³-hybridized carbons (Fsp3) is 0.533. The molecule has 20 heavy (non-hydrogen) atoms. The molecule has 5 heteroatoms. The van der Waals surface area contributed by atoms with E-state index < -0.39 is 0 Å². The standard InChI is InChI=1S/C15H22FN3O/c1-17-15(18-8-7-14-6-3-9-20-14)19-11-12-4-2-5-13(16)10-12/h2,4-5,10,14H,3,6-9,11H2,1H3,(H2,17,18,19). The molecule has 1 aliphatic rings. The molecule has 1 saturated heterocycles. The highest BCUT2D eigenvalue weighted by Crippen LogP contribution is 2.14. The SMILES string of the molecule is CN=C(NCCC1CCCO1)NCc1cccc(F)c1. The molecule has 2 rings (SSSR count). The van der Waals surface area contributed by atoms with E-state index >= 15 is 0 Å². The molecule has 1 aromatic carbocycles. The summed E-state index contributed by atoms with van der Waals surface area (Å²) in [7, 11) is 1.73. The Morgan fingerprint density at radius 3 is 3.05 bits per heavy atom. The van der Waals surface area contributed by atoms with E-state index in [0.29, 0.717) is 12.6 Å². The van der Waals surface area contributed by atoms with Crippen molar-refractivity contribution in [2.24, 2.45) is 4.99 Å². The van der Waals surface area contributed by atoms with Crippen LogP contribution in [0.1, 0.15) is 24.8 Å². The van der Waals surface area contributed by atoms with Crippen molar-refractivity contribution < 1.29 is 9.13 Å². The maximum atomic E-state index is 13.1. The Bertz CT molecular complexity index is 444. The first-order chi connectivity index (χ1) is 9.78. The zero-order valence-corrected chi connectivity index (χ0v) is 11.9. The molecule has 1 aromatic rings. The molecular weight excluding hydrogens is 257 g/mol. The van der Waals surface area contributed by atoms with E-state index in [4.69, 9.17) is 4.74 Å². The van der Waals surface area contributed by atoms with Crippen LogP contribution >= 0.6 is 0 Å². The minimum absolute atomic E-state index is 0.217. The number of nitrogens with one attached hydrogen (secondary N) is 2. The lowest BCUT2D eigenvalue weighted by Crippen LogP contribution is -2.38. The molecule has 1 aliphatic heterocycles. The molecule has 0 bridgehead atoms. The molecule has 0 amide bonds. The molecule has 110 valence electrons. The summed E-state index contributed by atoms with van der Waals surface area (Å²) >= 11 is 0.